The van der Waals surface area contributed by atoms with Crippen molar-refractivity contribution in [3.05, 3.63) is 21.4 Å². The second-order valence-corrected chi connectivity index (χ2v) is 4.37. The monoisotopic (exact) mass is 213 g/mol. The highest BCUT2D eigenvalue weighted by Gasteiger charge is 2.15. The van der Waals surface area contributed by atoms with Crippen molar-refractivity contribution < 1.29 is 9.90 Å². The Morgan fingerprint density at radius 3 is 2.93 bits per heavy atom. The van der Waals surface area contributed by atoms with E-state index in [4.69, 9.17) is 5.11 Å². The van der Waals surface area contributed by atoms with Crippen LogP contribution in [0, 0.1) is 0 Å². The highest BCUT2D eigenvalue weighted by Crippen LogP contribution is 2.26. The third kappa shape index (κ3) is 2.41. The molecule has 1 aromatic heterocycles. The number of aldehydes is 1. The van der Waals surface area contributed by atoms with E-state index < -0.39 is 0 Å². The number of carbonyl (C=O) groups excluding carboxylic acids is 1. The van der Waals surface area contributed by atoms with Crippen LogP contribution in [0.25, 0.3) is 0 Å². The van der Waals surface area contributed by atoms with E-state index >= 15 is 0 Å². The van der Waals surface area contributed by atoms with E-state index in [1.54, 1.807) is 11.3 Å². The van der Waals surface area contributed by atoms with Crippen LogP contribution in [0.2, 0.25) is 0 Å². The van der Waals surface area contributed by atoms with Gasteiger partial charge in [0.1, 0.15) is 0 Å². The first kappa shape index (κ1) is 11.4. The number of rotatable bonds is 1. The fraction of sp³-hybridized carbons (Fsp3) is 0.500. The smallest absolute Gasteiger partial charge is 0.160 e. The highest BCUT2D eigenvalue weighted by molar-refractivity contribution is 7.13. The molecule has 0 amide bonds. The van der Waals surface area contributed by atoms with Crippen molar-refractivity contribution in [2.75, 3.05) is 20.7 Å². The molecule has 0 fully saturated rings. The predicted molar refractivity (Wildman–Crippen MR) is 57.9 cm³/mol. The maximum Gasteiger partial charge on any atom is 0.160 e. The van der Waals surface area contributed by atoms with Crippen molar-refractivity contribution in [1.82, 2.24) is 4.90 Å². The second kappa shape index (κ2) is 5.24. The summed E-state index contributed by atoms with van der Waals surface area (Å²) in [6, 6.07) is 2.03. The van der Waals surface area contributed by atoms with Crippen LogP contribution in [0.5, 0.6) is 0 Å². The van der Waals surface area contributed by atoms with E-state index in [1.807, 2.05) is 6.07 Å². The number of nitrogens with zero attached hydrogens (tertiary/aromatic N) is 1. The Kier molecular flexibility index (Phi) is 4.25. The van der Waals surface area contributed by atoms with Gasteiger partial charge in [0, 0.05) is 25.1 Å². The molecule has 0 atom stereocenters. The lowest BCUT2D eigenvalue weighted by atomic mass is 10.1. The normalized spacial score (nSPS) is 15.4. The van der Waals surface area contributed by atoms with Crippen LogP contribution >= 0.6 is 11.3 Å². The highest BCUT2D eigenvalue weighted by atomic mass is 32.1. The van der Waals surface area contributed by atoms with E-state index in [0.717, 1.165) is 37.8 Å². The fourth-order valence-corrected chi connectivity index (χ4v) is 2.64. The molecule has 0 aromatic carbocycles. The Morgan fingerprint density at radius 1 is 1.57 bits per heavy atom. The van der Waals surface area contributed by atoms with Crippen molar-refractivity contribution >= 4 is 17.6 Å². The molecule has 0 radical (unpaired) electrons. The zero-order chi connectivity index (χ0) is 10.6. The van der Waals surface area contributed by atoms with Gasteiger partial charge in [0.05, 0.1) is 4.88 Å². The number of hydrogen-bond acceptors (Lipinski definition) is 4. The van der Waals surface area contributed by atoms with Crippen LogP contribution in [-0.4, -0.2) is 37.0 Å². The number of hydrogen-bond donors (Lipinski definition) is 1. The summed E-state index contributed by atoms with van der Waals surface area (Å²) in [5, 5.41) is 7.00. The van der Waals surface area contributed by atoms with Crippen LogP contribution in [0.1, 0.15) is 20.1 Å². The molecule has 0 saturated heterocycles. The number of fused-ring (bicyclic) bond motifs is 1. The van der Waals surface area contributed by atoms with E-state index in [2.05, 4.69) is 11.9 Å². The molecule has 14 heavy (non-hydrogen) atoms. The first-order valence-electron chi connectivity index (χ1n) is 4.49. The van der Waals surface area contributed by atoms with Crippen LogP contribution in [0.3, 0.4) is 0 Å². The van der Waals surface area contributed by atoms with Gasteiger partial charge in [0.25, 0.3) is 0 Å². The molecule has 1 aliphatic heterocycles. The molecule has 0 unspecified atom stereocenters. The summed E-state index contributed by atoms with van der Waals surface area (Å²) in [4.78, 5) is 15.0. The van der Waals surface area contributed by atoms with Crippen molar-refractivity contribution in [2.45, 2.75) is 13.0 Å². The molecule has 2 rings (SSSR count). The molecule has 2 heterocycles. The summed E-state index contributed by atoms with van der Waals surface area (Å²) in [6.45, 7) is 2.12. The molecule has 0 bridgehead atoms. The lowest BCUT2D eigenvalue weighted by Gasteiger charge is -2.21. The summed E-state index contributed by atoms with van der Waals surface area (Å²) >= 11 is 1.63. The largest absolute Gasteiger partial charge is 0.400 e. The maximum absolute atomic E-state index is 10.5. The fourth-order valence-electron chi connectivity index (χ4n) is 1.53. The van der Waals surface area contributed by atoms with Crippen LogP contribution < -0.4 is 0 Å². The van der Waals surface area contributed by atoms with Crippen molar-refractivity contribution in [1.29, 1.82) is 0 Å². The first-order valence-corrected chi connectivity index (χ1v) is 5.31. The van der Waals surface area contributed by atoms with Crippen LogP contribution in [-0.2, 0) is 13.0 Å². The van der Waals surface area contributed by atoms with Gasteiger partial charge < -0.3 is 10.0 Å². The van der Waals surface area contributed by atoms with Crippen molar-refractivity contribution in [3.8, 4) is 0 Å². The molecule has 0 saturated carbocycles. The Labute approximate surface area is 88.0 Å². The first-order chi connectivity index (χ1) is 6.79. The molecule has 3 nitrogen and oxygen atoms in total. The molecule has 78 valence electrons. The summed E-state index contributed by atoms with van der Waals surface area (Å²) in [6.07, 6.45) is 2.04. The molecule has 0 aliphatic carbocycles. The number of thiophene rings is 1. The van der Waals surface area contributed by atoms with Crippen molar-refractivity contribution in [2.24, 2.45) is 0 Å². The Bertz CT molecular complexity index is 309. The van der Waals surface area contributed by atoms with E-state index in [0.29, 0.717) is 0 Å². The quantitative estimate of drug-likeness (QED) is 0.712. The Morgan fingerprint density at radius 2 is 2.29 bits per heavy atom. The molecule has 4 heteroatoms. The van der Waals surface area contributed by atoms with Crippen molar-refractivity contribution in [3.63, 3.8) is 0 Å². The number of aliphatic hydroxyl groups excluding tert-OH is 1. The average Bonchev–Trinajstić information content (AvgIpc) is 2.62. The van der Waals surface area contributed by atoms with Gasteiger partial charge in [-0.1, -0.05) is 0 Å². The Hall–Kier alpha value is -0.710. The minimum absolute atomic E-state index is 0.871. The SMILES string of the molecule is CN1CCc2cc(C=O)sc2C1.CO. The third-order valence-electron chi connectivity index (χ3n) is 2.21. The second-order valence-electron chi connectivity index (χ2n) is 3.20. The summed E-state index contributed by atoms with van der Waals surface area (Å²) in [5.41, 5.74) is 1.38. The number of carbonyl (C=O) groups is 1. The zero-order valence-electron chi connectivity index (χ0n) is 8.49. The predicted octanol–water partition coefficient (Wildman–Crippen LogP) is 1.16. The topological polar surface area (TPSA) is 40.5 Å². The third-order valence-corrected chi connectivity index (χ3v) is 3.30. The maximum atomic E-state index is 10.5. The van der Waals surface area contributed by atoms with Gasteiger partial charge in [-0.3, -0.25) is 4.79 Å². The number of aliphatic hydroxyl groups is 1. The van der Waals surface area contributed by atoms with E-state index in [1.165, 1.54) is 10.4 Å². The van der Waals surface area contributed by atoms with Gasteiger partial charge >= 0.3 is 0 Å². The van der Waals surface area contributed by atoms with Gasteiger partial charge in [-0.25, -0.2) is 0 Å². The molecule has 1 N–H and O–H groups in total. The minimum atomic E-state index is 0.871. The standard InChI is InChI=1S/C9H11NOS.CH4O/c1-10-3-2-7-4-8(6-11)12-9(7)5-10;1-2/h4,6H,2-3,5H2,1H3;2H,1H3. The molecule has 0 spiro atoms. The summed E-state index contributed by atoms with van der Waals surface area (Å²) < 4.78 is 0. The molecular formula is C10H15NO2S. The van der Waals surface area contributed by atoms with Crippen LogP contribution in [0.15, 0.2) is 6.07 Å². The Balaban J connectivity index is 0.000000461. The van der Waals surface area contributed by atoms with Gasteiger partial charge in [-0.05, 0) is 25.1 Å². The van der Waals surface area contributed by atoms with E-state index in [9.17, 15) is 4.79 Å². The molecule has 1 aromatic rings. The number of likely N-dealkylation sites (N-methyl/N-ethyl adjacent to an activating group) is 1. The molecular weight excluding hydrogens is 198 g/mol. The zero-order valence-corrected chi connectivity index (χ0v) is 9.30. The lowest BCUT2D eigenvalue weighted by Crippen LogP contribution is -2.24. The molecule has 1 aliphatic rings. The van der Waals surface area contributed by atoms with Crippen LogP contribution in [0.4, 0.5) is 0 Å². The summed E-state index contributed by atoms with van der Waals surface area (Å²) in [5.74, 6) is 0. The van der Waals surface area contributed by atoms with Gasteiger partial charge in [-0.2, -0.15) is 0 Å². The summed E-state index contributed by atoms with van der Waals surface area (Å²) in [7, 11) is 3.11. The average molecular weight is 213 g/mol. The van der Waals surface area contributed by atoms with Gasteiger partial charge in [0.15, 0.2) is 6.29 Å². The van der Waals surface area contributed by atoms with Gasteiger partial charge in [0.2, 0.25) is 0 Å². The lowest BCUT2D eigenvalue weighted by molar-refractivity contribution is 0.112. The van der Waals surface area contributed by atoms with Gasteiger partial charge in [-0.15, -0.1) is 11.3 Å². The van der Waals surface area contributed by atoms with E-state index in [-0.39, 0.29) is 0 Å². The minimum Gasteiger partial charge on any atom is -0.400 e.